The first-order valence-corrected chi connectivity index (χ1v) is 7.26. The molecule has 0 amide bonds. The predicted octanol–water partition coefficient (Wildman–Crippen LogP) is 1.47. The van der Waals surface area contributed by atoms with Crippen LogP contribution < -0.4 is 10.0 Å². The van der Waals surface area contributed by atoms with Crippen LogP contribution in [-0.4, -0.2) is 28.1 Å². The molecule has 1 aromatic carbocycles. The third-order valence-electron chi connectivity index (χ3n) is 2.26. The minimum Gasteiger partial charge on any atom is -0.316 e. The van der Waals surface area contributed by atoms with Crippen LogP contribution >= 0.6 is 15.9 Å². The number of hydrogen-bond acceptors (Lipinski definition) is 3. The number of hydrogen-bond donors (Lipinski definition) is 2. The highest BCUT2D eigenvalue weighted by Gasteiger charge is 2.18. The molecule has 0 saturated heterocycles. The summed E-state index contributed by atoms with van der Waals surface area (Å²) in [4.78, 5) is -0.0965. The first kappa shape index (κ1) is 14.6. The Hall–Kier alpha value is -0.500. The van der Waals surface area contributed by atoms with E-state index in [1.807, 2.05) is 6.92 Å². The second-order valence-electron chi connectivity index (χ2n) is 3.62. The molecule has 4 nitrogen and oxygen atoms in total. The van der Waals surface area contributed by atoms with Gasteiger partial charge in [0.1, 0.15) is 5.82 Å². The van der Waals surface area contributed by atoms with Crippen LogP contribution in [0.15, 0.2) is 27.6 Å². The molecule has 2 N–H and O–H groups in total. The Kier molecular flexibility index (Phi) is 5.05. The Morgan fingerprint density at radius 2 is 2.12 bits per heavy atom. The van der Waals surface area contributed by atoms with Crippen molar-refractivity contribution in [1.29, 1.82) is 0 Å². The van der Waals surface area contributed by atoms with E-state index in [0.29, 0.717) is 4.47 Å². The molecule has 1 unspecified atom stereocenters. The van der Waals surface area contributed by atoms with E-state index in [-0.39, 0.29) is 17.5 Å². The maximum Gasteiger partial charge on any atom is 0.241 e. The third-order valence-corrected chi connectivity index (χ3v) is 4.67. The number of halogens is 2. The zero-order valence-electron chi connectivity index (χ0n) is 9.50. The minimum atomic E-state index is -3.70. The van der Waals surface area contributed by atoms with Gasteiger partial charge in [-0.1, -0.05) is 0 Å². The molecule has 0 radical (unpaired) electrons. The van der Waals surface area contributed by atoms with Crippen molar-refractivity contribution in [3.8, 4) is 0 Å². The SMILES string of the molecule is CNC(C)CNS(=O)(=O)c1cc(F)ccc1Br. The fourth-order valence-electron chi connectivity index (χ4n) is 1.10. The molecular weight excluding hydrogens is 311 g/mol. The fraction of sp³-hybridized carbons (Fsp3) is 0.400. The number of benzene rings is 1. The maximum atomic E-state index is 13.0. The van der Waals surface area contributed by atoms with E-state index in [2.05, 4.69) is 26.0 Å². The molecule has 0 heterocycles. The van der Waals surface area contributed by atoms with Crippen LogP contribution in [0.1, 0.15) is 6.92 Å². The molecule has 0 saturated carbocycles. The molecule has 1 rings (SSSR count). The standard InChI is InChI=1S/C10H14BrFN2O2S/c1-7(13-2)6-14-17(15,16)10-5-8(12)3-4-9(10)11/h3-5,7,13-14H,6H2,1-2H3. The summed E-state index contributed by atoms with van der Waals surface area (Å²) in [5, 5.41) is 2.90. The molecule has 0 fully saturated rings. The van der Waals surface area contributed by atoms with Gasteiger partial charge in [-0.05, 0) is 48.1 Å². The van der Waals surface area contributed by atoms with E-state index < -0.39 is 15.8 Å². The molecule has 7 heteroatoms. The molecule has 17 heavy (non-hydrogen) atoms. The molecule has 1 atom stereocenters. The predicted molar refractivity (Wildman–Crippen MR) is 67.8 cm³/mol. The van der Waals surface area contributed by atoms with E-state index in [4.69, 9.17) is 0 Å². The van der Waals surface area contributed by atoms with Gasteiger partial charge in [0, 0.05) is 17.1 Å². The van der Waals surface area contributed by atoms with Gasteiger partial charge in [0.25, 0.3) is 0 Å². The van der Waals surface area contributed by atoms with Crippen molar-refractivity contribution in [1.82, 2.24) is 10.0 Å². The van der Waals surface area contributed by atoms with Gasteiger partial charge < -0.3 is 5.32 Å². The summed E-state index contributed by atoms with van der Waals surface area (Å²) in [5.74, 6) is -0.588. The molecule has 0 aliphatic carbocycles. The van der Waals surface area contributed by atoms with Crippen LogP contribution in [0, 0.1) is 5.82 Å². The average molecular weight is 325 g/mol. The summed E-state index contributed by atoms with van der Waals surface area (Å²) in [7, 11) is -1.96. The zero-order chi connectivity index (χ0) is 13.1. The van der Waals surface area contributed by atoms with Gasteiger partial charge in [0.2, 0.25) is 10.0 Å². The van der Waals surface area contributed by atoms with E-state index in [9.17, 15) is 12.8 Å². The fourth-order valence-corrected chi connectivity index (χ4v) is 3.20. The Morgan fingerprint density at radius 3 is 2.71 bits per heavy atom. The molecule has 0 aromatic heterocycles. The van der Waals surface area contributed by atoms with Crippen molar-refractivity contribution in [3.63, 3.8) is 0 Å². The van der Waals surface area contributed by atoms with Crippen LogP contribution in [0.3, 0.4) is 0 Å². The second-order valence-corrected chi connectivity index (χ2v) is 6.21. The van der Waals surface area contributed by atoms with Gasteiger partial charge in [-0.3, -0.25) is 0 Å². The molecule has 0 spiro atoms. The normalized spacial score (nSPS) is 13.6. The summed E-state index contributed by atoms with van der Waals surface area (Å²) in [6.45, 7) is 2.07. The summed E-state index contributed by atoms with van der Waals surface area (Å²) in [6, 6.07) is 3.54. The highest BCUT2D eigenvalue weighted by molar-refractivity contribution is 9.10. The highest BCUT2D eigenvalue weighted by Crippen LogP contribution is 2.22. The Balaban J connectivity index is 2.93. The lowest BCUT2D eigenvalue weighted by Gasteiger charge is -2.12. The van der Waals surface area contributed by atoms with Crippen molar-refractivity contribution in [3.05, 3.63) is 28.5 Å². The lowest BCUT2D eigenvalue weighted by molar-refractivity contribution is 0.552. The van der Waals surface area contributed by atoms with E-state index in [1.54, 1.807) is 7.05 Å². The number of sulfonamides is 1. The van der Waals surface area contributed by atoms with Crippen molar-refractivity contribution in [2.45, 2.75) is 17.9 Å². The largest absolute Gasteiger partial charge is 0.316 e. The highest BCUT2D eigenvalue weighted by atomic mass is 79.9. The molecular formula is C10H14BrFN2O2S. The number of nitrogens with one attached hydrogen (secondary N) is 2. The zero-order valence-corrected chi connectivity index (χ0v) is 11.9. The Labute approximate surface area is 109 Å². The summed E-state index contributed by atoms with van der Waals surface area (Å²) < 4.78 is 39.5. The molecule has 0 bridgehead atoms. The van der Waals surface area contributed by atoms with Gasteiger partial charge >= 0.3 is 0 Å². The van der Waals surface area contributed by atoms with Crippen LogP contribution in [-0.2, 0) is 10.0 Å². The molecule has 0 aliphatic heterocycles. The van der Waals surface area contributed by atoms with Gasteiger partial charge in [-0.25, -0.2) is 17.5 Å². The van der Waals surface area contributed by atoms with Gasteiger partial charge in [0.05, 0.1) is 4.90 Å². The van der Waals surface area contributed by atoms with E-state index >= 15 is 0 Å². The monoisotopic (exact) mass is 324 g/mol. The first-order chi connectivity index (χ1) is 7.86. The van der Waals surface area contributed by atoms with E-state index in [1.165, 1.54) is 12.1 Å². The smallest absolute Gasteiger partial charge is 0.241 e. The number of likely N-dealkylation sites (N-methyl/N-ethyl adjacent to an activating group) is 1. The van der Waals surface area contributed by atoms with Crippen molar-refractivity contribution >= 4 is 26.0 Å². The summed E-state index contributed by atoms with van der Waals surface area (Å²) >= 11 is 3.09. The second kappa shape index (κ2) is 5.90. The maximum absolute atomic E-state index is 13.0. The molecule has 1 aromatic rings. The average Bonchev–Trinajstić information content (AvgIpc) is 2.29. The molecule has 96 valence electrons. The van der Waals surface area contributed by atoms with Crippen LogP contribution in [0.4, 0.5) is 4.39 Å². The number of rotatable bonds is 5. The summed E-state index contributed by atoms with van der Waals surface area (Å²) in [6.07, 6.45) is 0. The third kappa shape index (κ3) is 4.02. The van der Waals surface area contributed by atoms with Gasteiger partial charge in [-0.15, -0.1) is 0 Å². The van der Waals surface area contributed by atoms with Crippen molar-refractivity contribution in [2.75, 3.05) is 13.6 Å². The quantitative estimate of drug-likeness (QED) is 0.862. The van der Waals surface area contributed by atoms with Gasteiger partial charge in [0.15, 0.2) is 0 Å². The minimum absolute atomic E-state index is 0.00268. The topological polar surface area (TPSA) is 58.2 Å². The van der Waals surface area contributed by atoms with Gasteiger partial charge in [-0.2, -0.15) is 0 Å². The van der Waals surface area contributed by atoms with Crippen LogP contribution in [0.25, 0.3) is 0 Å². The van der Waals surface area contributed by atoms with Crippen molar-refractivity contribution < 1.29 is 12.8 Å². The summed E-state index contributed by atoms with van der Waals surface area (Å²) in [5.41, 5.74) is 0. The lowest BCUT2D eigenvalue weighted by Crippen LogP contribution is -2.37. The van der Waals surface area contributed by atoms with E-state index in [0.717, 1.165) is 6.07 Å². The van der Waals surface area contributed by atoms with Crippen LogP contribution in [0.2, 0.25) is 0 Å². The lowest BCUT2D eigenvalue weighted by atomic mass is 10.3. The Morgan fingerprint density at radius 1 is 1.47 bits per heavy atom. The Bertz CT molecular complexity index is 493. The first-order valence-electron chi connectivity index (χ1n) is 4.99. The molecule has 0 aliphatic rings. The van der Waals surface area contributed by atoms with Crippen molar-refractivity contribution in [2.24, 2.45) is 0 Å². The van der Waals surface area contributed by atoms with Crippen LogP contribution in [0.5, 0.6) is 0 Å².